The molecular formula is C11H20ClNOS. The highest BCUT2D eigenvalue weighted by Crippen LogP contribution is 2.36. The molecular weight excluding hydrogens is 230 g/mol. The van der Waals surface area contributed by atoms with Crippen LogP contribution in [0.2, 0.25) is 0 Å². The molecule has 88 valence electrons. The molecule has 1 heterocycles. The lowest BCUT2D eigenvalue weighted by molar-refractivity contribution is 0.165. The Morgan fingerprint density at radius 1 is 1.33 bits per heavy atom. The van der Waals surface area contributed by atoms with Crippen molar-refractivity contribution in [2.45, 2.75) is 52.1 Å². The van der Waals surface area contributed by atoms with Gasteiger partial charge in [-0.05, 0) is 31.8 Å². The zero-order chi connectivity index (χ0) is 11.9. The average molecular weight is 250 g/mol. The van der Waals surface area contributed by atoms with E-state index in [1.165, 1.54) is 0 Å². The van der Waals surface area contributed by atoms with Crippen LogP contribution >= 0.6 is 11.6 Å². The predicted octanol–water partition coefficient (Wildman–Crippen LogP) is 3.26. The van der Waals surface area contributed by atoms with Crippen molar-refractivity contribution in [2.24, 2.45) is 5.41 Å². The van der Waals surface area contributed by atoms with Gasteiger partial charge >= 0.3 is 0 Å². The molecule has 2 unspecified atom stereocenters. The van der Waals surface area contributed by atoms with E-state index in [1.807, 2.05) is 4.31 Å². The standard InChI is InChI=1S/C11H20ClNOS/c1-10(2,3)8-11(4,5)13-9(12)6-7-15(13)14/h6-7,9H,8H2,1-5H3. The topological polar surface area (TPSA) is 20.3 Å². The molecule has 0 spiro atoms. The van der Waals surface area contributed by atoms with Crippen LogP contribution in [-0.2, 0) is 11.0 Å². The Balaban J connectivity index is 2.82. The molecule has 0 radical (unpaired) electrons. The predicted molar refractivity (Wildman–Crippen MR) is 66.9 cm³/mol. The molecule has 1 aliphatic rings. The van der Waals surface area contributed by atoms with Crippen LogP contribution in [0.15, 0.2) is 11.5 Å². The van der Waals surface area contributed by atoms with Crippen molar-refractivity contribution in [3.8, 4) is 0 Å². The first-order valence-corrected chi connectivity index (χ1v) is 6.77. The summed E-state index contributed by atoms with van der Waals surface area (Å²) in [6.07, 6.45) is 2.75. The Labute approximate surface area is 100 Å². The molecule has 4 heteroatoms. The van der Waals surface area contributed by atoms with E-state index >= 15 is 0 Å². The van der Waals surface area contributed by atoms with Gasteiger partial charge in [-0.3, -0.25) is 0 Å². The molecule has 2 atom stereocenters. The molecule has 1 aliphatic heterocycles. The average Bonchev–Trinajstić information content (AvgIpc) is 2.25. The summed E-state index contributed by atoms with van der Waals surface area (Å²) in [5.41, 5.74) is -0.200. The van der Waals surface area contributed by atoms with Crippen LogP contribution in [0.1, 0.15) is 41.0 Å². The Morgan fingerprint density at radius 2 is 1.87 bits per heavy atom. The molecule has 0 aromatic heterocycles. The van der Waals surface area contributed by atoms with E-state index in [1.54, 1.807) is 11.5 Å². The maximum absolute atomic E-state index is 11.8. The smallest absolute Gasteiger partial charge is 0.122 e. The third-order valence-corrected chi connectivity index (χ3v) is 4.29. The highest BCUT2D eigenvalue weighted by atomic mass is 35.5. The summed E-state index contributed by atoms with van der Waals surface area (Å²) in [5.74, 6) is 0. The first kappa shape index (κ1) is 13.2. The Hall–Kier alpha value is 0.140. The number of nitrogens with zero attached hydrogens (tertiary/aromatic N) is 1. The third kappa shape index (κ3) is 3.30. The van der Waals surface area contributed by atoms with Crippen molar-refractivity contribution in [3.05, 3.63) is 11.5 Å². The summed E-state index contributed by atoms with van der Waals surface area (Å²) in [4.78, 5) is 0. The highest BCUT2D eigenvalue weighted by molar-refractivity contribution is 7.86. The van der Waals surface area contributed by atoms with E-state index < -0.39 is 11.0 Å². The summed E-state index contributed by atoms with van der Waals surface area (Å²) < 4.78 is 13.6. The van der Waals surface area contributed by atoms with E-state index in [9.17, 15) is 4.21 Å². The van der Waals surface area contributed by atoms with Crippen molar-refractivity contribution >= 4 is 22.6 Å². The van der Waals surface area contributed by atoms with Gasteiger partial charge in [0.1, 0.15) is 16.5 Å². The van der Waals surface area contributed by atoms with Gasteiger partial charge in [-0.2, -0.15) is 4.31 Å². The Kier molecular flexibility index (Phi) is 3.69. The molecule has 1 rings (SSSR count). The van der Waals surface area contributed by atoms with Crippen LogP contribution in [-0.4, -0.2) is 19.6 Å². The molecule has 0 fully saturated rings. The minimum absolute atomic E-state index is 0.154. The fourth-order valence-corrected chi connectivity index (χ4v) is 4.22. The number of hydrogen-bond donors (Lipinski definition) is 0. The monoisotopic (exact) mass is 249 g/mol. The summed E-state index contributed by atoms with van der Waals surface area (Å²) in [5, 5.41) is 1.67. The van der Waals surface area contributed by atoms with E-state index in [2.05, 4.69) is 34.6 Å². The highest BCUT2D eigenvalue weighted by Gasteiger charge is 2.39. The lowest BCUT2D eigenvalue weighted by Gasteiger charge is -2.40. The lowest BCUT2D eigenvalue weighted by atomic mass is 9.82. The van der Waals surface area contributed by atoms with Crippen LogP contribution < -0.4 is 0 Å². The lowest BCUT2D eigenvalue weighted by Crippen LogP contribution is -2.47. The van der Waals surface area contributed by atoms with E-state index in [0.717, 1.165) is 6.42 Å². The quantitative estimate of drug-likeness (QED) is 0.543. The normalized spacial score (nSPS) is 28.7. The van der Waals surface area contributed by atoms with Crippen molar-refractivity contribution in [1.82, 2.24) is 4.31 Å². The summed E-state index contributed by atoms with van der Waals surface area (Å²) >= 11 is 6.13. The molecule has 0 aliphatic carbocycles. The van der Waals surface area contributed by atoms with Crippen molar-refractivity contribution in [1.29, 1.82) is 0 Å². The molecule has 0 aromatic rings. The van der Waals surface area contributed by atoms with Crippen molar-refractivity contribution in [2.75, 3.05) is 0 Å². The van der Waals surface area contributed by atoms with E-state index in [4.69, 9.17) is 11.6 Å². The second-order valence-electron chi connectivity index (χ2n) is 5.85. The second kappa shape index (κ2) is 4.19. The van der Waals surface area contributed by atoms with Crippen LogP contribution in [0.25, 0.3) is 0 Å². The number of alkyl halides is 1. The summed E-state index contributed by atoms with van der Waals surface area (Å²) in [6.45, 7) is 10.7. The molecule has 0 N–H and O–H groups in total. The SMILES string of the molecule is CC(C)(C)CC(C)(C)N1C(Cl)C=CS1=O. The van der Waals surface area contributed by atoms with Crippen LogP contribution in [0.5, 0.6) is 0 Å². The summed E-state index contributed by atoms with van der Waals surface area (Å²) in [6, 6.07) is 0. The van der Waals surface area contributed by atoms with Gasteiger partial charge in [0, 0.05) is 10.9 Å². The number of rotatable bonds is 2. The fourth-order valence-electron chi connectivity index (χ4n) is 2.33. The zero-order valence-corrected chi connectivity index (χ0v) is 11.7. The third-order valence-electron chi connectivity index (χ3n) is 2.33. The molecule has 0 aromatic carbocycles. The Bertz CT molecular complexity index is 293. The van der Waals surface area contributed by atoms with Gasteiger partial charge in [0.05, 0.1) is 0 Å². The van der Waals surface area contributed by atoms with Gasteiger partial charge in [-0.15, -0.1) is 0 Å². The number of hydrogen-bond acceptors (Lipinski definition) is 1. The van der Waals surface area contributed by atoms with Gasteiger partial charge in [0.2, 0.25) is 0 Å². The Morgan fingerprint density at radius 3 is 2.20 bits per heavy atom. The molecule has 0 saturated carbocycles. The molecule has 15 heavy (non-hydrogen) atoms. The van der Waals surface area contributed by atoms with Crippen molar-refractivity contribution < 1.29 is 4.21 Å². The first-order chi connectivity index (χ1) is 6.63. The number of halogens is 1. The second-order valence-corrected chi connectivity index (χ2v) is 7.52. The molecule has 0 bridgehead atoms. The van der Waals surface area contributed by atoms with Gasteiger partial charge < -0.3 is 0 Å². The van der Waals surface area contributed by atoms with Crippen LogP contribution in [0, 0.1) is 5.41 Å². The van der Waals surface area contributed by atoms with E-state index in [-0.39, 0.29) is 16.5 Å². The molecule has 0 saturated heterocycles. The largest absolute Gasteiger partial charge is 0.238 e. The zero-order valence-electron chi connectivity index (χ0n) is 10.1. The summed E-state index contributed by atoms with van der Waals surface area (Å²) in [7, 11) is -1.07. The fraction of sp³-hybridized carbons (Fsp3) is 0.818. The minimum atomic E-state index is -1.07. The first-order valence-electron chi connectivity index (χ1n) is 5.16. The molecule has 2 nitrogen and oxygen atoms in total. The van der Waals surface area contributed by atoms with Gasteiger partial charge in [0.25, 0.3) is 0 Å². The molecule has 0 amide bonds. The van der Waals surface area contributed by atoms with E-state index in [0.29, 0.717) is 0 Å². The van der Waals surface area contributed by atoms with Crippen molar-refractivity contribution in [3.63, 3.8) is 0 Å². The van der Waals surface area contributed by atoms with Gasteiger partial charge in [-0.25, -0.2) is 4.21 Å². The minimum Gasteiger partial charge on any atom is -0.238 e. The maximum Gasteiger partial charge on any atom is 0.122 e. The van der Waals surface area contributed by atoms with Gasteiger partial charge in [0.15, 0.2) is 0 Å². The van der Waals surface area contributed by atoms with Crippen LogP contribution in [0.4, 0.5) is 0 Å². The maximum atomic E-state index is 11.8. The van der Waals surface area contributed by atoms with Gasteiger partial charge in [-0.1, -0.05) is 32.4 Å². The van der Waals surface area contributed by atoms with Crippen LogP contribution in [0.3, 0.4) is 0 Å².